The van der Waals surface area contributed by atoms with Crippen LogP contribution in [0.25, 0.3) is 6.08 Å². The Morgan fingerprint density at radius 2 is 1.67 bits per heavy atom. The third kappa shape index (κ3) is 9.37. The minimum absolute atomic E-state index is 0.0637. The standard InChI is InChI=1S/C41H36FN3O5S/c1-4-6-20-33(5-2)45-40(48)34(24-28-21-22-35(36(25-28)49-3)50-26-29-14-13-19-32(42)23-29)39(47)44-41(45)51-27-37(46)43-38(30-15-9-7-10-16-30)31-17-11-8-12-18-31/h4-25,38H,1,26-27H2,2-3H3,(H,43,46)/b20-6-,33-5+,34-24+. The minimum atomic E-state index is -0.751. The number of benzene rings is 4. The van der Waals surface area contributed by atoms with Crippen molar-refractivity contribution in [2.75, 3.05) is 12.9 Å². The van der Waals surface area contributed by atoms with Gasteiger partial charge in [0.1, 0.15) is 18.0 Å². The number of rotatable bonds is 13. The van der Waals surface area contributed by atoms with E-state index in [1.807, 2.05) is 60.7 Å². The van der Waals surface area contributed by atoms with Crippen molar-refractivity contribution < 1.29 is 28.2 Å². The summed E-state index contributed by atoms with van der Waals surface area (Å²) in [7, 11) is 1.47. The van der Waals surface area contributed by atoms with Gasteiger partial charge in [-0.1, -0.05) is 115 Å². The van der Waals surface area contributed by atoms with Crippen LogP contribution in [0.3, 0.4) is 0 Å². The number of allylic oxidation sites excluding steroid dienone is 4. The van der Waals surface area contributed by atoms with Gasteiger partial charge in [-0.15, -0.1) is 0 Å². The van der Waals surface area contributed by atoms with Crippen molar-refractivity contribution in [2.45, 2.75) is 19.6 Å². The van der Waals surface area contributed by atoms with Gasteiger partial charge in [-0.05, 0) is 65.6 Å². The number of methoxy groups -OCH3 is 1. The lowest BCUT2D eigenvalue weighted by molar-refractivity contribution is -0.126. The number of aliphatic imine (C=N–C) groups is 1. The van der Waals surface area contributed by atoms with Crippen LogP contribution in [0.5, 0.6) is 11.5 Å². The van der Waals surface area contributed by atoms with Crippen molar-refractivity contribution in [1.82, 2.24) is 10.2 Å². The molecule has 3 amide bonds. The van der Waals surface area contributed by atoms with Crippen molar-refractivity contribution in [2.24, 2.45) is 4.99 Å². The van der Waals surface area contributed by atoms with Gasteiger partial charge >= 0.3 is 0 Å². The molecule has 258 valence electrons. The summed E-state index contributed by atoms with van der Waals surface area (Å²) in [5, 5.41) is 3.15. The number of amides is 3. The molecule has 1 N–H and O–H groups in total. The van der Waals surface area contributed by atoms with Crippen molar-refractivity contribution in [3.05, 3.63) is 173 Å². The molecule has 0 saturated carbocycles. The number of carbonyl (C=O) groups excluding carboxylic acids is 3. The first-order chi connectivity index (χ1) is 24.8. The van der Waals surface area contributed by atoms with Crippen LogP contribution in [0.2, 0.25) is 0 Å². The second kappa shape index (κ2) is 17.6. The summed E-state index contributed by atoms with van der Waals surface area (Å²) in [6.45, 7) is 5.58. The Labute approximate surface area is 300 Å². The van der Waals surface area contributed by atoms with Crippen molar-refractivity contribution >= 4 is 40.7 Å². The first kappa shape index (κ1) is 36.3. The van der Waals surface area contributed by atoms with Crippen LogP contribution in [0.4, 0.5) is 4.39 Å². The zero-order chi connectivity index (χ0) is 36.2. The lowest BCUT2D eigenvalue weighted by Crippen LogP contribution is -2.42. The Morgan fingerprint density at radius 1 is 0.961 bits per heavy atom. The van der Waals surface area contributed by atoms with Gasteiger partial charge in [0.15, 0.2) is 16.7 Å². The van der Waals surface area contributed by atoms with Gasteiger partial charge in [0.05, 0.1) is 18.9 Å². The molecule has 1 heterocycles. The van der Waals surface area contributed by atoms with Crippen LogP contribution < -0.4 is 14.8 Å². The van der Waals surface area contributed by atoms with Crippen molar-refractivity contribution in [3.8, 4) is 11.5 Å². The summed E-state index contributed by atoms with van der Waals surface area (Å²) in [6, 6.07) is 29.8. The summed E-state index contributed by atoms with van der Waals surface area (Å²) >= 11 is 0.986. The van der Waals surface area contributed by atoms with Crippen LogP contribution in [0, 0.1) is 5.82 Å². The maximum atomic E-state index is 14.1. The van der Waals surface area contributed by atoms with Crippen LogP contribution >= 0.6 is 11.8 Å². The second-order valence-corrected chi connectivity index (χ2v) is 12.1. The van der Waals surface area contributed by atoms with E-state index >= 15 is 0 Å². The number of carbonyl (C=O) groups is 3. The Morgan fingerprint density at radius 3 is 2.29 bits per heavy atom. The molecule has 1 aliphatic heterocycles. The number of thioether (sulfide) groups is 1. The fraction of sp³-hybridized carbons (Fsp3) is 0.122. The van der Waals surface area contributed by atoms with E-state index in [1.54, 1.807) is 61.6 Å². The minimum Gasteiger partial charge on any atom is -0.493 e. The number of nitrogens with zero attached hydrogens (tertiary/aromatic N) is 2. The molecule has 0 spiro atoms. The summed E-state index contributed by atoms with van der Waals surface area (Å²) < 4.78 is 25.0. The zero-order valence-corrected chi connectivity index (χ0v) is 28.9. The number of ether oxygens (including phenoxy) is 2. The topological polar surface area (TPSA) is 97.3 Å². The lowest BCUT2D eigenvalue weighted by atomic mass is 9.99. The number of halogens is 1. The van der Waals surface area contributed by atoms with E-state index in [9.17, 15) is 18.8 Å². The third-order valence-corrected chi connectivity index (χ3v) is 8.63. The molecule has 4 aromatic rings. The summed E-state index contributed by atoms with van der Waals surface area (Å²) in [6.07, 6.45) is 8.03. The molecule has 0 aliphatic carbocycles. The number of hydrogen-bond acceptors (Lipinski definition) is 6. The summed E-state index contributed by atoms with van der Waals surface area (Å²) in [4.78, 5) is 46.5. The predicted molar refractivity (Wildman–Crippen MR) is 199 cm³/mol. The molecular formula is C41H36FN3O5S. The van der Waals surface area contributed by atoms with E-state index in [-0.39, 0.29) is 34.8 Å². The van der Waals surface area contributed by atoms with E-state index in [0.717, 1.165) is 22.9 Å². The lowest BCUT2D eigenvalue weighted by Gasteiger charge is -2.28. The maximum absolute atomic E-state index is 14.1. The average molecular weight is 702 g/mol. The van der Waals surface area contributed by atoms with Gasteiger partial charge in [-0.3, -0.25) is 19.3 Å². The highest BCUT2D eigenvalue weighted by Gasteiger charge is 2.35. The Balaban J connectivity index is 1.38. The molecule has 0 radical (unpaired) electrons. The first-order valence-electron chi connectivity index (χ1n) is 16.0. The average Bonchev–Trinajstić information content (AvgIpc) is 3.15. The second-order valence-electron chi connectivity index (χ2n) is 11.1. The fourth-order valence-corrected chi connectivity index (χ4v) is 6.05. The summed E-state index contributed by atoms with van der Waals surface area (Å²) in [5.41, 5.74) is 3.21. The Hall–Kier alpha value is -6.00. The third-order valence-electron chi connectivity index (χ3n) is 7.69. The molecule has 4 aromatic carbocycles. The number of nitrogens with one attached hydrogen (secondary N) is 1. The smallest absolute Gasteiger partial charge is 0.285 e. The largest absolute Gasteiger partial charge is 0.493 e. The van der Waals surface area contributed by atoms with Gasteiger partial charge in [0.2, 0.25) is 5.91 Å². The molecule has 0 atom stereocenters. The van der Waals surface area contributed by atoms with Crippen LogP contribution in [0.1, 0.15) is 35.2 Å². The molecule has 0 saturated heterocycles. The van der Waals surface area contributed by atoms with Crippen LogP contribution in [-0.2, 0) is 21.0 Å². The van der Waals surface area contributed by atoms with Crippen LogP contribution in [-0.4, -0.2) is 40.7 Å². The molecular weight excluding hydrogens is 666 g/mol. The maximum Gasteiger partial charge on any atom is 0.285 e. The predicted octanol–water partition coefficient (Wildman–Crippen LogP) is 7.81. The molecule has 5 rings (SSSR count). The number of amidine groups is 1. The SMILES string of the molecule is C=C/C=C\C(=C/C)N1C(=O)/C(=C/c2ccc(OCc3cccc(F)c3)c(OC)c2)C(=O)N=C1SCC(=O)NC(c1ccccc1)c1ccccc1. The van der Waals surface area contributed by atoms with Gasteiger partial charge < -0.3 is 14.8 Å². The van der Waals surface area contributed by atoms with Crippen molar-refractivity contribution in [1.29, 1.82) is 0 Å². The number of hydrogen-bond donors (Lipinski definition) is 1. The first-order valence-corrected chi connectivity index (χ1v) is 17.0. The molecule has 51 heavy (non-hydrogen) atoms. The van der Waals surface area contributed by atoms with E-state index < -0.39 is 17.9 Å². The Kier molecular flexibility index (Phi) is 12.5. The fourth-order valence-electron chi connectivity index (χ4n) is 5.24. The van der Waals surface area contributed by atoms with Crippen molar-refractivity contribution in [3.63, 3.8) is 0 Å². The highest BCUT2D eigenvalue weighted by atomic mass is 32.2. The molecule has 0 unspecified atom stereocenters. The normalized spacial score (nSPS) is 14.2. The highest BCUT2D eigenvalue weighted by Crippen LogP contribution is 2.32. The molecule has 8 nitrogen and oxygen atoms in total. The van der Waals surface area contributed by atoms with E-state index in [1.165, 1.54) is 30.2 Å². The molecule has 0 aromatic heterocycles. The van der Waals surface area contributed by atoms with Gasteiger partial charge in [-0.2, -0.15) is 4.99 Å². The monoisotopic (exact) mass is 701 g/mol. The van der Waals surface area contributed by atoms with E-state index in [2.05, 4.69) is 16.9 Å². The van der Waals surface area contributed by atoms with E-state index in [4.69, 9.17) is 9.47 Å². The highest BCUT2D eigenvalue weighted by molar-refractivity contribution is 8.14. The summed E-state index contributed by atoms with van der Waals surface area (Å²) in [5.74, 6) is -1.40. The van der Waals surface area contributed by atoms with Gasteiger partial charge in [0.25, 0.3) is 11.8 Å². The zero-order valence-electron chi connectivity index (χ0n) is 28.1. The molecule has 1 aliphatic rings. The molecule has 0 fully saturated rings. The molecule has 0 bridgehead atoms. The van der Waals surface area contributed by atoms with Gasteiger partial charge in [-0.25, -0.2) is 4.39 Å². The van der Waals surface area contributed by atoms with E-state index in [0.29, 0.717) is 28.3 Å². The quantitative estimate of drug-likeness (QED) is 0.0868. The Bertz CT molecular complexity index is 1990. The van der Waals surface area contributed by atoms with Crippen LogP contribution in [0.15, 0.2) is 150 Å². The molecule has 10 heteroatoms. The van der Waals surface area contributed by atoms with Gasteiger partial charge in [0, 0.05) is 5.70 Å².